The number of thioether (sulfide) groups is 1. The Morgan fingerprint density at radius 2 is 1.71 bits per heavy atom. The van der Waals surface area contributed by atoms with Crippen LogP contribution in [0.2, 0.25) is 0 Å². The normalized spacial score (nSPS) is 17.7. The fourth-order valence-corrected chi connectivity index (χ4v) is 6.75. The van der Waals surface area contributed by atoms with Gasteiger partial charge in [-0.05, 0) is 43.2 Å². The van der Waals surface area contributed by atoms with Crippen LogP contribution in [0.3, 0.4) is 0 Å². The van der Waals surface area contributed by atoms with Gasteiger partial charge in [0.05, 0.1) is 4.21 Å². The summed E-state index contributed by atoms with van der Waals surface area (Å²) in [5, 5.41) is 9.32. The fourth-order valence-electron chi connectivity index (χ4n) is 4.93. The van der Waals surface area contributed by atoms with Crippen molar-refractivity contribution in [3.8, 4) is 0 Å². The number of carbonyl (C=O) groups excluding carboxylic acids is 2. The summed E-state index contributed by atoms with van der Waals surface area (Å²) in [7, 11) is 0. The molecule has 5 rings (SSSR count). The number of rotatable bonds is 6. The zero-order valence-electron chi connectivity index (χ0n) is 19.3. The van der Waals surface area contributed by atoms with Gasteiger partial charge in [0.2, 0.25) is 0 Å². The Kier molecular flexibility index (Phi) is 7.45. The highest BCUT2D eigenvalue weighted by Gasteiger charge is 2.29. The summed E-state index contributed by atoms with van der Waals surface area (Å²) in [5.74, 6) is 1.09. The molecule has 2 N–H and O–H groups in total. The predicted octanol–water partition coefficient (Wildman–Crippen LogP) is 6.02. The van der Waals surface area contributed by atoms with Gasteiger partial charge in [-0.1, -0.05) is 43.5 Å². The Bertz CT molecular complexity index is 1110. The highest BCUT2D eigenvalue weighted by Crippen LogP contribution is 2.34. The van der Waals surface area contributed by atoms with Gasteiger partial charge in [-0.25, -0.2) is 4.79 Å². The molecule has 1 aliphatic heterocycles. The molecule has 0 unspecified atom stereocenters. The second kappa shape index (κ2) is 10.9. The smallest absolute Gasteiger partial charge is 0.315 e. The van der Waals surface area contributed by atoms with Crippen molar-refractivity contribution in [1.82, 2.24) is 15.5 Å². The molecule has 8 heteroatoms. The van der Waals surface area contributed by atoms with Gasteiger partial charge in [-0.3, -0.25) is 4.79 Å². The summed E-state index contributed by atoms with van der Waals surface area (Å²) in [4.78, 5) is 27.7. The van der Waals surface area contributed by atoms with Crippen molar-refractivity contribution < 1.29 is 14.0 Å². The first-order valence-corrected chi connectivity index (χ1v) is 14.1. The number of likely N-dealkylation sites (tertiary alicyclic amines) is 1. The van der Waals surface area contributed by atoms with Crippen LogP contribution in [0.4, 0.5) is 4.79 Å². The molecule has 0 atom stereocenters. The number of urea groups is 1. The third kappa shape index (κ3) is 5.44. The van der Waals surface area contributed by atoms with E-state index in [1.54, 1.807) is 23.1 Å². The quantitative estimate of drug-likeness (QED) is 0.408. The zero-order valence-corrected chi connectivity index (χ0v) is 20.9. The lowest BCUT2D eigenvalue weighted by Gasteiger charge is -2.32. The van der Waals surface area contributed by atoms with Crippen LogP contribution in [0.5, 0.6) is 0 Å². The first-order chi connectivity index (χ1) is 16.7. The minimum absolute atomic E-state index is 0.0527. The number of carbonyl (C=O) groups is 2. The van der Waals surface area contributed by atoms with Crippen LogP contribution < -0.4 is 10.6 Å². The Balaban J connectivity index is 1.20. The van der Waals surface area contributed by atoms with Gasteiger partial charge in [0.25, 0.3) is 5.91 Å². The maximum Gasteiger partial charge on any atom is 0.315 e. The molecule has 1 aromatic carbocycles. The van der Waals surface area contributed by atoms with Gasteiger partial charge in [-0.2, -0.15) is 0 Å². The summed E-state index contributed by atoms with van der Waals surface area (Å²) in [6, 6.07) is 12.3. The van der Waals surface area contributed by atoms with E-state index >= 15 is 0 Å². The highest BCUT2D eigenvalue weighted by molar-refractivity contribution is 8.00. The number of hydrogen-bond acceptors (Lipinski definition) is 5. The number of hydrogen-bond donors (Lipinski definition) is 2. The molecule has 0 bridgehead atoms. The minimum Gasteiger partial charge on any atom is -0.451 e. The molecule has 34 heavy (non-hydrogen) atoms. The molecule has 0 spiro atoms. The lowest BCUT2D eigenvalue weighted by atomic mass is 9.96. The number of nitrogens with one attached hydrogen (secondary N) is 2. The first-order valence-electron chi connectivity index (χ1n) is 12.2. The first kappa shape index (κ1) is 23.3. The molecule has 1 saturated heterocycles. The van der Waals surface area contributed by atoms with Crippen molar-refractivity contribution in [2.75, 3.05) is 13.1 Å². The molecule has 3 aromatic rings. The summed E-state index contributed by atoms with van der Waals surface area (Å²) in [5.41, 5.74) is 1.72. The Morgan fingerprint density at radius 3 is 2.44 bits per heavy atom. The van der Waals surface area contributed by atoms with Crippen LogP contribution in [0.1, 0.15) is 61.1 Å². The van der Waals surface area contributed by atoms with Gasteiger partial charge in [-0.15, -0.1) is 23.1 Å². The van der Waals surface area contributed by atoms with Gasteiger partial charge in [0, 0.05) is 41.9 Å². The average Bonchev–Trinajstić information content (AvgIpc) is 3.51. The number of amides is 3. The minimum atomic E-state index is -0.0677. The third-order valence-corrected chi connectivity index (χ3v) is 8.96. The van der Waals surface area contributed by atoms with Crippen molar-refractivity contribution in [3.63, 3.8) is 0 Å². The lowest BCUT2D eigenvalue weighted by molar-refractivity contribution is 0.0677. The molecule has 180 valence electrons. The summed E-state index contributed by atoms with van der Waals surface area (Å²) < 4.78 is 7.30. The average molecular weight is 498 g/mol. The molecule has 1 saturated carbocycles. The number of furan rings is 1. The van der Waals surface area contributed by atoms with Crippen LogP contribution >= 0.6 is 23.1 Å². The van der Waals surface area contributed by atoms with Gasteiger partial charge >= 0.3 is 6.03 Å². The van der Waals surface area contributed by atoms with E-state index in [0.717, 1.165) is 42.2 Å². The van der Waals surface area contributed by atoms with Crippen LogP contribution in [0, 0.1) is 0 Å². The van der Waals surface area contributed by atoms with Crippen LogP contribution in [-0.2, 0) is 5.75 Å². The van der Waals surface area contributed by atoms with E-state index < -0.39 is 0 Å². The summed E-state index contributed by atoms with van der Waals surface area (Å²) >= 11 is 3.44. The van der Waals surface area contributed by atoms with Gasteiger partial charge < -0.3 is 20.0 Å². The number of thiophene rings is 1. The van der Waals surface area contributed by atoms with Crippen molar-refractivity contribution in [3.05, 3.63) is 53.1 Å². The van der Waals surface area contributed by atoms with E-state index in [2.05, 4.69) is 22.1 Å². The molecule has 2 aromatic heterocycles. The standard InChI is InChI=1S/C26H31N3O3S2/c30-25(29-14-12-19(13-15-29)28-26(31)27-18-7-2-1-3-8-18)24-21(17-34-23-11-6-16-33-23)20-9-4-5-10-22(20)32-24/h4-6,9-11,16,18-19H,1-3,7-8,12-15,17H2,(H2,27,28,31). The second-order valence-electron chi connectivity index (χ2n) is 9.15. The maximum absolute atomic E-state index is 13.5. The summed E-state index contributed by atoms with van der Waals surface area (Å²) in [6.07, 6.45) is 7.32. The van der Waals surface area contributed by atoms with E-state index in [9.17, 15) is 9.59 Å². The van der Waals surface area contributed by atoms with Gasteiger partial charge in [0.1, 0.15) is 5.58 Å². The van der Waals surface area contributed by atoms with E-state index in [1.165, 1.54) is 23.5 Å². The number of piperidine rings is 1. The van der Waals surface area contributed by atoms with Crippen LogP contribution in [0.15, 0.2) is 50.4 Å². The molecule has 3 heterocycles. The Morgan fingerprint density at radius 1 is 0.971 bits per heavy atom. The van der Waals surface area contributed by atoms with E-state index in [1.807, 2.05) is 35.2 Å². The number of benzene rings is 1. The molecule has 6 nitrogen and oxygen atoms in total. The van der Waals surface area contributed by atoms with E-state index in [0.29, 0.717) is 30.6 Å². The van der Waals surface area contributed by atoms with Crippen molar-refractivity contribution >= 4 is 46.0 Å². The third-order valence-electron chi connectivity index (χ3n) is 6.80. The second-order valence-corrected chi connectivity index (χ2v) is 11.4. The fraction of sp³-hybridized carbons (Fsp3) is 0.462. The van der Waals surface area contributed by atoms with Crippen LogP contribution in [-0.4, -0.2) is 42.0 Å². The number of fused-ring (bicyclic) bond motifs is 1. The maximum atomic E-state index is 13.5. The molecule has 2 aliphatic rings. The number of para-hydroxylation sites is 1. The monoisotopic (exact) mass is 497 g/mol. The van der Waals surface area contributed by atoms with E-state index in [-0.39, 0.29) is 18.0 Å². The molecule has 2 fully saturated rings. The predicted molar refractivity (Wildman–Crippen MR) is 138 cm³/mol. The van der Waals surface area contributed by atoms with Crippen LogP contribution in [0.25, 0.3) is 11.0 Å². The molecule has 3 amide bonds. The molecular formula is C26H31N3O3S2. The molecular weight excluding hydrogens is 466 g/mol. The lowest BCUT2D eigenvalue weighted by Crippen LogP contribution is -2.51. The summed E-state index contributed by atoms with van der Waals surface area (Å²) in [6.45, 7) is 1.23. The van der Waals surface area contributed by atoms with E-state index in [4.69, 9.17) is 4.42 Å². The highest BCUT2D eigenvalue weighted by atomic mass is 32.2. The largest absolute Gasteiger partial charge is 0.451 e. The van der Waals surface area contributed by atoms with Crippen molar-refractivity contribution in [2.45, 2.75) is 67.0 Å². The van der Waals surface area contributed by atoms with Crippen molar-refractivity contribution in [1.29, 1.82) is 0 Å². The SMILES string of the molecule is O=C(NC1CCCCC1)NC1CCN(C(=O)c2oc3ccccc3c2CSc2cccs2)CC1. The zero-order chi connectivity index (χ0) is 23.3. The molecule has 0 radical (unpaired) electrons. The Hall–Kier alpha value is -2.45. The molecule has 1 aliphatic carbocycles. The topological polar surface area (TPSA) is 74.6 Å². The van der Waals surface area contributed by atoms with Gasteiger partial charge in [0.15, 0.2) is 5.76 Å². The number of nitrogens with zero attached hydrogens (tertiary/aromatic N) is 1. The Labute approximate surface area is 208 Å². The van der Waals surface area contributed by atoms with Crippen molar-refractivity contribution in [2.24, 2.45) is 0 Å².